The van der Waals surface area contributed by atoms with Crippen molar-refractivity contribution in [1.82, 2.24) is 5.32 Å². The molecular formula is C17H13ClN2OS. The summed E-state index contributed by atoms with van der Waals surface area (Å²) in [5.74, 6) is -0.143. The van der Waals surface area contributed by atoms with Gasteiger partial charge in [-0.15, -0.1) is 0 Å². The maximum atomic E-state index is 12.0. The van der Waals surface area contributed by atoms with Crippen LogP contribution in [0.4, 0.5) is 5.69 Å². The summed E-state index contributed by atoms with van der Waals surface area (Å²) in [5.41, 5.74) is 2.88. The van der Waals surface area contributed by atoms with Gasteiger partial charge in [0.15, 0.2) is 5.17 Å². The van der Waals surface area contributed by atoms with Crippen molar-refractivity contribution < 1.29 is 4.79 Å². The van der Waals surface area contributed by atoms with Crippen LogP contribution in [0.15, 0.2) is 58.4 Å². The Bertz CT molecular complexity index is 782. The third-order valence-electron chi connectivity index (χ3n) is 3.06. The van der Waals surface area contributed by atoms with Gasteiger partial charge in [-0.2, -0.15) is 0 Å². The Morgan fingerprint density at radius 2 is 1.95 bits per heavy atom. The molecule has 110 valence electrons. The van der Waals surface area contributed by atoms with E-state index in [1.165, 1.54) is 17.3 Å². The minimum atomic E-state index is -0.143. The second-order valence-corrected chi connectivity index (χ2v) is 6.34. The smallest absolute Gasteiger partial charge is 0.264 e. The zero-order valence-electron chi connectivity index (χ0n) is 11.8. The van der Waals surface area contributed by atoms with E-state index in [-0.39, 0.29) is 5.91 Å². The monoisotopic (exact) mass is 328 g/mol. The first kappa shape index (κ1) is 14.9. The van der Waals surface area contributed by atoms with Gasteiger partial charge in [-0.3, -0.25) is 4.79 Å². The third-order valence-corrected chi connectivity index (χ3v) is 4.21. The number of aliphatic imine (C=N–C) groups is 1. The molecule has 1 heterocycles. The molecule has 0 bridgehead atoms. The summed E-state index contributed by atoms with van der Waals surface area (Å²) in [4.78, 5) is 17.0. The maximum absolute atomic E-state index is 12.0. The van der Waals surface area contributed by atoms with E-state index in [9.17, 15) is 4.79 Å². The molecule has 1 saturated heterocycles. The minimum absolute atomic E-state index is 0.143. The van der Waals surface area contributed by atoms with Gasteiger partial charge in [0.1, 0.15) is 0 Å². The minimum Gasteiger partial charge on any atom is -0.300 e. The molecule has 5 heteroatoms. The average molecular weight is 329 g/mol. The van der Waals surface area contributed by atoms with Gasteiger partial charge in [0.2, 0.25) is 0 Å². The highest BCUT2D eigenvalue weighted by Crippen LogP contribution is 2.28. The molecule has 3 rings (SSSR count). The zero-order valence-corrected chi connectivity index (χ0v) is 13.4. The van der Waals surface area contributed by atoms with Gasteiger partial charge in [-0.05, 0) is 54.6 Å². The van der Waals surface area contributed by atoms with Crippen LogP contribution in [0, 0.1) is 6.92 Å². The van der Waals surface area contributed by atoms with Crippen molar-refractivity contribution in [3.63, 3.8) is 0 Å². The van der Waals surface area contributed by atoms with Crippen LogP contribution in [0.3, 0.4) is 0 Å². The molecule has 1 N–H and O–H groups in total. The Labute approximate surface area is 138 Å². The number of hydrogen-bond acceptors (Lipinski definition) is 3. The first-order chi connectivity index (χ1) is 10.6. The number of amidine groups is 1. The molecule has 1 fully saturated rings. The molecule has 1 amide bonds. The second-order valence-electron chi connectivity index (χ2n) is 4.87. The zero-order chi connectivity index (χ0) is 15.5. The number of carbonyl (C=O) groups excluding carboxylic acids is 1. The lowest BCUT2D eigenvalue weighted by Gasteiger charge is -1.97. The van der Waals surface area contributed by atoms with Gasteiger partial charge in [-0.1, -0.05) is 41.4 Å². The van der Waals surface area contributed by atoms with Crippen LogP contribution < -0.4 is 5.32 Å². The largest absolute Gasteiger partial charge is 0.300 e. The molecule has 0 saturated carbocycles. The van der Waals surface area contributed by atoms with Crippen LogP contribution in [0.25, 0.3) is 6.08 Å². The highest BCUT2D eigenvalue weighted by Gasteiger charge is 2.23. The second kappa shape index (κ2) is 6.38. The Morgan fingerprint density at radius 1 is 1.18 bits per heavy atom. The summed E-state index contributed by atoms with van der Waals surface area (Å²) in [5, 5.41) is 4.00. The molecule has 1 aliphatic rings. The number of amides is 1. The van der Waals surface area contributed by atoms with Crippen molar-refractivity contribution in [2.75, 3.05) is 0 Å². The Morgan fingerprint density at radius 3 is 2.68 bits per heavy atom. The summed E-state index contributed by atoms with van der Waals surface area (Å²) in [6.07, 6.45) is 1.81. The SMILES string of the molecule is Cc1ccc(N=C2NC(=O)/C(=C/c3cccc(Cl)c3)S2)cc1. The molecule has 2 aromatic carbocycles. The molecule has 22 heavy (non-hydrogen) atoms. The number of carbonyl (C=O) groups is 1. The molecule has 0 aromatic heterocycles. The van der Waals surface area contributed by atoms with E-state index in [0.717, 1.165) is 11.3 Å². The molecule has 0 aliphatic carbocycles. The number of nitrogens with one attached hydrogen (secondary N) is 1. The quantitative estimate of drug-likeness (QED) is 0.822. The standard InChI is InChI=1S/C17H13ClN2OS/c1-11-5-7-14(8-6-11)19-17-20-16(21)15(22-17)10-12-3-2-4-13(18)9-12/h2-10H,1H3,(H,19,20,21)/b15-10-. The van der Waals surface area contributed by atoms with Crippen molar-refractivity contribution in [2.45, 2.75) is 6.92 Å². The lowest BCUT2D eigenvalue weighted by atomic mass is 10.2. The van der Waals surface area contributed by atoms with Crippen molar-refractivity contribution in [1.29, 1.82) is 0 Å². The van der Waals surface area contributed by atoms with Crippen molar-refractivity contribution in [2.24, 2.45) is 4.99 Å². The normalized spacial score (nSPS) is 18.0. The van der Waals surface area contributed by atoms with Gasteiger partial charge in [0.25, 0.3) is 5.91 Å². The predicted octanol–water partition coefficient (Wildman–Crippen LogP) is 4.54. The molecule has 2 aromatic rings. The van der Waals surface area contributed by atoms with Crippen LogP contribution in [0.1, 0.15) is 11.1 Å². The van der Waals surface area contributed by atoms with Crippen LogP contribution in [0.5, 0.6) is 0 Å². The molecule has 0 radical (unpaired) electrons. The summed E-state index contributed by atoms with van der Waals surface area (Å²) in [6.45, 7) is 2.02. The summed E-state index contributed by atoms with van der Waals surface area (Å²) in [6, 6.07) is 15.2. The first-order valence-electron chi connectivity index (χ1n) is 6.72. The Kier molecular flexibility index (Phi) is 4.32. The van der Waals surface area contributed by atoms with Crippen LogP contribution in [-0.2, 0) is 4.79 Å². The third kappa shape index (κ3) is 3.59. The Balaban J connectivity index is 1.82. The lowest BCUT2D eigenvalue weighted by Crippen LogP contribution is -2.19. The summed E-state index contributed by atoms with van der Waals surface area (Å²) in [7, 11) is 0. The predicted molar refractivity (Wildman–Crippen MR) is 93.4 cm³/mol. The van der Waals surface area contributed by atoms with E-state index < -0.39 is 0 Å². The highest BCUT2D eigenvalue weighted by molar-refractivity contribution is 8.18. The van der Waals surface area contributed by atoms with Crippen LogP contribution >= 0.6 is 23.4 Å². The molecule has 3 nitrogen and oxygen atoms in total. The van der Waals surface area contributed by atoms with Gasteiger partial charge < -0.3 is 5.32 Å². The maximum Gasteiger partial charge on any atom is 0.264 e. The number of hydrogen-bond donors (Lipinski definition) is 1. The van der Waals surface area contributed by atoms with Gasteiger partial charge in [0, 0.05) is 5.02 Å². The summed E-state index contributed by atoms with van der Waals surface area (Å²) >= 11 is 7.28. The number of rotatable bonds is 2. The van der Waals surface area contributed by atoms with Crippen molar-refractivity contribution in [3.05, 3.63) is 69.6 Å². The van der Waals surface area contributed by atoms with Crippen molar-refractivity contribution in [3.8, 4) is 0 Å². The molecule has 0 unspecified atom stereocenters. The number of nitrogens with zero attached hydrogens (tertiary/aromatic N) is 1. The number of thioether (sulfide) groups is 1. The van der Waals surface area contributed by atoms with Gasteiger partial charge in [-0.25, -0.2) is 4.99 Å². The summed E-state index contributed by atoms with van der Waals surface area (Å²) < 4.78 is 0. The fourth-order valence-electron chi connectivity index (χ4n) is 1.96. The number of benzene rings is 2. The van der Waals surface area contributed by atoms with E-state index in [0.29, 0.717) is 15.1 Å². The van der Waals surface area contributed by atoms with Crippen molar-refractivity contribution >= 4 is 46.2 Å². The Hall–Kier alpha value is -2.04. The van der Waals surface area contributed by atoms with Gasteiger partial charge >= 0.3 is 0 Å². The molecule has 0 spiro atoms. The number of halogens is 1. The molecule has 1 aliphatic heterocycles. The fourth-order valence-corrected chi connectivity index (χ4v) is 3.01. The molecule has 0 atom stereocenters. The first-order valence-corrected chi connectivity index (χ1v) is 7.91. The average Bonchev–Trinajstić information content (AvgIpc) is 2.81. The van der Waals surface area contributed by atoms with Crippen LogP contribution in [0.2, 0.25) is 5.02 Å². The fraction of sp³-hybridized carbons (Fsp3) is 0.0588. The lowest BCUT2D eigenvalue weighted by molar-refractivity contribution is -0.115. The van der Waals surface area contributed by atoms with E-state index in [1.54, 1.807) is 6.07 Å². The van der Waals surface area contributed by atoms with Crippen LogP contribution in [-0.4, -0.2) is 11.1 Å². The van der Waals surface area contributed by atoms with E-state index in [4.69, 9.17) is 11.6 Å². The van der Waals surface area contributed by atoms with E-state index >= 15 is 0 Å². The highest BCUT2D eigenvalue weighted by atomic mass is 35.5. The topological polar surface area (TPSA) is 41.5 Å². The van der Waals surface area contributed by atoms with E-state index in [2.05, 4.69) is 10.3 Å². The van der Waals surface area contributed by atoms with Gasteiger partial charge in [0.05, 0.1) is 10.6 Å². The number of aryl methyl sites for hydroxylation is 1. The molecular weight excluding hydrogens is 316 g/mol. The van der Waals surface area contributed by atoms with E-state index in [1.807, 2.05) is 55.5 Å².